The highest BCUT2D eigenvalue weighted by atomic mass is 32.1. The van der Waals surface area contributed by atoms with Gasteiger partial charge in [0.1, 0.15) is 10.5 Å². The molecule has 3 aromatic rings. The molecule has 1 aliphatic heterocycles. The topological polar surface area (TPSA) is 84.2 Å². The monoisotopic (exact) mass is 343 g/mol. The van der Waals surface area contributed by atoms with Crippen LogP contribution in [-0.4, -0.2) is 34.2 Å². The van der Waals surface area contributed by atoms with Crippen molar-refractivity contribution in [3.8, 4) is 0 Å². The molecule has 1 aromatic carbocycles. The lowest BCUT2D eigenvalue weighted by Crippen LogP contribution is -2.38. The Labute approximate surface area is 142 Å². The van der Waals surface area contributed by atoms with E-state index < -0.39 is 0 Å². The number of amides is 1. The molecule has 1 aliphatic rings. The first-order valence-corrected chi connectivity index (χ1v) is 8.72. The lowest BCUT2D eigenvalue weighted by atomic mass is 9.96. The SMILES string of the molecule is Cc1nnc(NC(=O)C2CCN(c3nc4ccccc4o3)CC2)s1. The molecule has 0 spiro atoms. The molecular formula is C16H17N5O2S. The van der Waals surface area contributed by atoms with E-state index in [1.54, 1.807) is 0 Å². The molecule has 7 nitrogen and oxygen atoms in total. The van der Waals surface area contributed by atoms with Crippen LogP contribution < -0.4 is 10.2 Å². The standard InChI is InChI=1S/C16H17N5O2S/c1-10-19-20-15(24-10)18-14(22)11-6-8-21(9-7-11)16-17-12-4-2-3-5-13(12)23-16/h2-5,11H,6-9H2,1H3,(H,18,20,22). The fourth-order valence-electron chi connectivity index (χ4n) is 2.88. The van der Waals surface area contributed by atoms with Crippen molar-refractivity contribution in [2.24, 2.45) is 5.92 Å². The summed E-state index contributed by atoms with van der Waals surface area (Å²) in [5, 5.41) is 12.1. The summed E-state index contributed by atoms with van der Waals surface area (Å²) in [5.74, 6) is -0.00167. The zero-order valence-electron chi connectivity index (χ0n) is 13.2. The number of para-hydroxylation sites is 2. The predicted octanol–water partition coefficient (Wildman–Crippen LogP) is 2.84. The minimum absolute atomic E-state index is 0.0170. The number of aryl methyl sites for hydroxylation is 1. The molecule has 3 heterocycles. The van der Waals surface area contributed by atoms with Crippen LogP contribution >= 0.6 is 11.3 Å². The second-order valence-corrected chi connectivity index (χ2v) is 7.02. The molecule has 1 N–H and O–H groups in total. The summed E-state index contributed by atoms with van der Waals surface area (Å²) in [4.78, 5) is 18.9. The second-order valence-electron chi connectivity index (χ2n) is 5.84. The minimum atomic E-state index is -0.0187. The van der Waals surface area contributed by atoms with Gasteiger partial charge < -0.3 is 14.6 Å². The molecule has 1 fully saturated rings. The van der Waals surface area contributed by atoms with Gasteiger partial charge in [0, 0.05) is 19.0 Å². The maximum atomic E-state index is 12.3. The van der Waals surface area contributed by atoms with Crippen molar-refractivity contribution in [2.75, 3.05) is 23.3 Å². The van der Waals surface area contributed by atoms with Gasteiger partial charge in [-0.25, -0.2) is 0 Å². The Morgan fingerprint density at radius 2 is 2.08 bits per heavy atom. The first kappa shape index (κ1) is 15.1. The summed E-state index contributed by atoms with van der Waals surface area (Å²) in [7, 11) is 0. The van der Waals surface area contributed by atoms with Gasteiger partial charge in [-0.05, 0) is 31.9 Å². The van der Waals surface area contributed by atoms with E-state index >= 15 is 0 Å². The highest BCUT2D eigenvalue weighted by Crippen LogP contribution is 2.27. The van der Waals surface area contributed by atoms with E-state index in [1.165, 1.54) is 11.3 Å². The molecule has 24 heavy (non-hydrogen) atoms. The van der Waals surface area contributed by atoms with E-state index in [2.05, 4.69) is 25.4 Å². The van der Waals surface area contributed by atoms with Crippen molar-refractivity contribution >= 4 is 39.5 Å². The van der Waals surface area contributed by atoms with Gasteiger partial charge in [0.15, 0.2) is 5.58 Å². The maximum absolute atomic E-state index is 12.3. The van der Waals surface area contributed by atoms with E-state index in [0.717, 1.165) is 42.0 Å². The van der Waals surface area contributed by atoms with E-state index in [-0.39, 0.29) is 11.8 Å². The molecule has 0 bridgehead atoms. The average molecular weight is 343 g/mol. The number of rotatable bonds is 3. The van der Waals surface area contributed by atoms with Crippen LogP contribution in [-0.2, 0) is 4.79 Å². The van der Waals surface area contributed by atoms with Crippen molar-refractivity contribution in [1.82, 2.24) is 15.2 Å². The molecule has 2 aromatic heterocycles. The van der Waals surface area contributed by atoms with Gasteiger partial charge in [0.25, 0.3) is 6.01 Å². The summed E-state index contributed by atoms with van der Waals surface area (Å²) < 4.78 is 5.80. The summed E-state index contributed by atoms with van der Waals surface area (Å²) in [6.07, 6.45) is 1.53. The molecule has 0 atom stereocenters. The Morgan fingerprint density at radius 1 is 1.29 bits per heavy atom. The number of nitrogens with zero attached hydrogens (tertiary/aromatic N) is 4. The average Bonchev–Trinajstić information content (AvgIpc) is 3.21. The van der Waals surface area contributed by atoms with Gasteiger partial charge in [-0.2, -0.15) is 4.98 Å². The second kappa shape index (κ2) is 6.20. The number of nitrogens with one attached hydrogen (secondary N) is 1. The van der Waals surface area contributed by atoms with E-state index in [9.17, 15) is 4.79 Å². The number of oxazole rings is 1. The summed E-state index contributed by atoms with van der Waals surface area (Å²) in [6.45, 7) is 3.37. The zero-order chi connectivity index (χ0) is 16.5. The Hall–Kier alpha value is -2.48. The molecular weight excluding hydrogens is 326 g/mol. The summed E-state index contributed by atoms with van der Waals surface area (Å²) in [5.41, 5.74) is 1.65. The predicted molar refractivity (Wildman–Crippen MR) is 92.2 cm³/mol. The van der Waals surface area contributed by atoms with Crippen LogP contribution in [0.25, 0.3) is 11.1 Å². The summed E-state index contributed by atoms with van der Waals surface area (Å²) in [6, 6.07) is 8.36. The van der Waals surface area contributed by atoms with Crippen molar-refractivity contribution in [3.63, 3.8) is 0 Å². The van der Waals surface area contributed by atoms with Gasteiger partial charge in [0.2, 0.25) is 11.0 Å². The fraction of sp³-hybridized carbons (Fsp3) is 0.375. The van der Waals surface area contributed by atoms with E-state index in [1.807, 2.05) is 31.2 Å². The van der Waals surface area contributed by atoms with Crippen LogP contribution in [0.3, 0.4) is 0 Å². The Balaban J connectivity index is 1.38. The molecule has 0 unspecified atom stereocenters. The largest absolute Gasteiger partial charge is 0.423 e. The first-order valence-electron chi connectivity index (χ1n) is 7.90. The van der Waals surface area contributed by atoms with Gasteiger partial charge in [-0.15, -0.1) is 10.2 Å². The van der Waals surface area contributed by atoms with Gasteiger partial charge >= 0.3 is 0 Å². The molecule has 0 saturated carbocycles. The minimum Gasteiger partial charge on any atom is -0.423 e. The molecule has 4 rings (SSSR count). The van der Waals surface area contributed by atoms with Crippen molar-refractivity contribution in [1.29, 1.82) is 0 Å². The fourth-order valence-corrected chi connectivity index (χ4v) is 3.48. The normalized spacial score (nSPS) is 15.8. The van der Waals surface area contributed by atoms with E-state index in [0.29, 0.717) is 11.1 Å². The Bertz CT molecular complexity index is 833. The number of hydrogen-bond acceptors (Lipinski definition) is 7. The molecule has 0 radical (unpaired) electrons. The smallest absolute Gasteiger partial charge is 0.298 e. The quantitative estimate of drug-likeness (QED) is 0.787. The molecule has 1 amide bonds. The van der Waals surface area contributed by atoms with Crippen molar-refractivity contribution in [3.05, 3.63) is 29.3 Å². The van der Waals surface area contributed by atoms with E-state index in [4.69, 9.17) is 4.42 Å². The molecule has 1 saturated heterocycles. The lowest BCUT2D eigenvalue weighted by molar-refractivity contribution is -0.120. The van der Waals surface area contributed by atoms with Crippen LogP contribution in [0.5, 0.6) is 0 Å². The molecule has 0 aliphatic carbocycles. The number of benzene rings is 1. The summed E-state index contributed by atoms with van der Waals surface area (Å²) >= 11 is 1.39. The number of anilines is 2. The number of aromatic nitrogens is 3. The van der Waals surface area contributed by atoms with Crippen LogP contribution in [0.2, 0.25) is 0 Å². The highest BCUT2D eigenvalue weighted by Gasteiger charge is 2.27. The van der Waals surface area contributed by atoms with Gasteiger partial charge in [-0.1, -0.05) is 23.5 Å². The van der Waals surface area contributed by atoms with Gasteiger partial charge in [0.05, 0.1) is 0 Å². The Morgan fingerprint density at radius 3 is 2.79 bits per heavy atom. The van der Waals surface area contributed by atoms with Crippen LogP contribution in [0.1, 0.15) is 17.8 Å². The number of piperidine rings is 1. The highest BCUT2D eigenvalue weighted by molar-refractivity contribution is 7.15. The third-order valence-electron chi connectivity index (χ3n) is 4.18. The number of carbonyl (C=O) groups is 1. The van der Waals surface area contributed by atoms with Crippen LogP contribution in [0.15, 0.2) is 28.7 Å². The molecule has 8 heteroatoms. The first-order chi connectivity index (χ1) is 11.7. The van der Waals surface area contributed by atoms with Crippen LogP contribution in [0, 0.1) is 12.8 Å². The number of fused-ring (bicyclic) bond motifs is 1. The number of hydrogen-bond donors (Lipinski definition) is 1. The number of carbonyl (C=O) groups excluding carboxylic acids is 1. The third-order valence-corrected chi connectivity index (χ3v) is 4.93. The van der Waals surface area contributed by atoms with Crippen LogP contribution in [0.4, 0.5) is 11.1 Å². The lowest BCUT2D eigenvalue weighted by Gasteiger charge is -2.29. The van der Waals surface area contributed by atoms with Crippen molar-refractivity contribution < 1.29 is 9.21 Å². The zero-order valence-corrected chi connectivity index (χ0v) is 14.0. The van der Waals surface area contributed by atoms with Gasteiger partial charge in [-0.3, -0.25) is 4.79 Å². The Kier molecular flexibility index (Phi) is 3.89. The maximum Gasteiger partial charge on any atom is 0.298 e. The molecule has 124 valence electrons. The van der Waals surface area contributed by atoms with Crippen molar-refractivity contribution in [2.45, 2.75) is 19.8 Å². The third kappa shape index (κ3) is 2.96.